The summed E-state index contributed by atoms with van der Waals surface area (Å²) in [4.78, 5) is 30.1. The molecule has 0 aliphatic heterocycles. The molecular formula is C40H62N2O6. The molecule has 2 aromatic rings. The van der Waals surface area contributed by atoms with Gasteiger partial charge in [-0.15, -0.1) is 0 Å². The van der Waals surface area contributed by atoms with E-state index in [0.29, 0.717) is 39.6 Å². The molecule has 0 saturated heterocycles. The van der Waals surface area contributed by atoms with Crippen molar-refractivity contribution in [2.75, 3.05) is 78.9 Å². The Morgan fingerprint density at radius 2 is 0.854 bits per heavy atom. The van der Waals surface area contributed by atoms with E-state index in [9.17, 15) is 9.59 Å². The Morgan fingerprint density at radius 3 is 1.17 bits per heavy atom. The first kappa shape index (κ1) is 39.7. The van der Waals surface area contributed by atoms with Gasteiger partial charge >= 0.3 is 11.9 Å². The molecule has 2 fully saturated rings. The first-order valence-electron chi connectivity index (χ1n) is 18.5. The third kappa shape index (κ3) is 11.7. The topological polar surface area (TPSA) is 77.5 Å². The molecular weight excluding hydrogens is 604 g/mol. The maximum absolute atomic E-state index is 12.7. The highest BCUT2D eigenvalue weighted by Crippen LogP contribution is 2.43. The third-order valence-electron chi connectivity index (χ3n) is 10.2. The summed E-state index contributed by atoms with van der Waals surface area (Å²) in [5.41, 5.74) is 1.30. The number of nitrogens with zero attached hydrogens (tertiary/aromatic N) is 2. The van der Waals surface area contributed by atoms with E-state index in [0.717, 1.165) is 102 Å². The molecule has 268 valence electrons. The lowest BCUT2D eigenvalue weighted by molar-refractivity contribution is -0.153. The molecule has 0 unspecified atom stereocenters. The maximum atomic E-state index is 12.7. The first-order chi connectivity index (χ1) is 23.5. The Bertz CT molecular complexity index is 1050. The largest absolute Gasteiger partial charge is 0.463 e. The molecule has 4 rings (SSSR count). The fraction of sp³-hybridized carbons (Fsp3) is 0.650. The van der Waals surface area contributed by atoms with Gasteiger partial charge in [-0.3, -0.25) is 9.59 Å². The van der Waals surface area contributed by atoms with Crippen molar-refractivity contribution in [2.45, 2.75) is 89.9 Å². The van der Waals surface area contributed by atoms with Gasteiger partial charge in [0.1, 0.15) is 13.2 Å². The predicted molar refractivity (Wildman–Crippen MR) is 192 cm³/mol. The Balaban J connectivity index is 0.000000260. The molecule has 48 heavy (non-hydrogen) atoms. The molecule has 0 heterocycles. The van der Waals surface area contributed by atoms with Crippen LogP contribution < -0.4 is 0 Å². The zero-order valence-corrected chi connectivity index (χ0v) is 30.3. The number of ether oxygens (including phenoxy) is 4. The molecule has 2 aliphatic carbocycles. The number of esters is 2. The van der Waals surface area contributed by atoms with E-state index in [2.05, 4.69) is 37.5 Å². The minimum atomic E-state index is -0.442. The van der Waals surface area contributed by atoms with Crippen LogP contribution >= 0.6 is 0 Å². The van der Waals surface area contributed by atoms with Crippen LogP contribution in [0.1, 0.15) is 90.2 Å². The zero-order valence-electron chi connectivity index (χ0n) is 30.3. The molecule has 0 radical (unpaired) electrons. The average Bonchev–Trinajstić information content (AvgIpc) is 3.85. The van der Waals surface area contributed by atoms with E-state index in [1.807, 2.05) is 60.7 Å². The van der Waals surface area contributed by atoms with Gasteiger partial charge in [0.05, 0.1) is 37.3 Å². The van der Waals surface area contributed by atoms with Crippen LogP contribution in [0.15, 0.2) is 60.7 Å². The summed E-state index contributed by atoms with van der Waals surface area (Å²) in [6.07, 6.45) is 7.90. The lowest BCUT2D eigenvalue weighted by Gasteiger charge is -2.27. The van der Waals surface area contributed by atoms with Crippen LogP contribution in [0.5, 0.6) is 0 Å². The van der Waals surface area contributed by atoms with Crippen LogP contribution in [0.2, 0.25) is 0 Å². The third-order valence-corrected chi connectivity index (χ3v) is 10.2. The number of carbonyl (C=O) groups excluding carboxylic acids is 2. The minimum absolute atomic E-state index is 0.0847. The molecule has 0 spiro atoms. The first-order valence-corrected chi connectivity index (χ1v) is 18.5. The highest BCUT2D eigenvalue weighted by atomic mass is 16.6. The quantitative estimate of drug-likeness (QED) is 0.113. The van der Waals surface area contributed by atoms with Crippen LogP contribution in [0.4, 0.5) is 0 Å². The summed E-state index contributed by atoms with van der Waals surface area (Å²) in [7, 11) is 0. The Hall–Kier alpha value is -2.78. The highest BCUT2D eigenvalue weighted by molar-refractivity contribution is 5.84. The van der Waals surface area contributed by atoms with E-state index in [-0.39, 0.29) is 11.9 Å². The maximum Gasteiger partial charge on any atom is 0.316 e. The van der Waals surface area contributed by atoms with Crippen molar-refractivity contribution in [1.82, 2.24) is 9.80 Å². The number of rotatable bonds is 20. The Morgan fingerprint density at radius 1 is 0.521 bits per heavy atom. The van der Waals surface area contributed by atoms with E-state index in [1.54, 1.807) is 0 Å². The number of hydrogen-bond donors (Lipinski definition) is 0. The second-order valence-corrected chi connectivity index (χ2v) is 12.9. The number of hydrogen-bond acceptors (Lipinski definition) is 8. The molecule has 0 atom stereocenters. The minimum Gasteiger partial charge on any atom is -0.463 e. The van der Waals surface area contributed by atoms with Gasteiger partial charge in [-0.05, 0) is 63.0 Å². The van der Waals surface area contributed by atoms with Crippen molar-refractivity contribution >= 4 is 11.9 Å². The molecule has 0 aromatic heterocycles. The van der Waals surface area contributed by atoms with Crippen molar-refractivity contribution < 1.29 is 28.5 Å². The molecule has 0 amide bonds. The van der Waals surface area contributed by atoms with Gasteiger partial charge < -0.3 is 28.7 Å². The van der Waals surface area contributed by atoms with Gasteiger partial charge in [-0.2, -0.15) is 0 Å². The van der Waals surface area contributed by atoms with Crippen molar-refractivity contribution in [3.8, 4) is 0 Å². The van der Waals surface area contributed by atoms with Crippen LogP contribution in [0, 0.1) is 0 Å². The zero-order chi connectivity index (χ0) is 34.5. The number of likely N-dealkylation sites (N-methyl/N-ethyl adjacent to an activating group) is 2. The number of benzene rings is 2. The van der Waals surface area contributed by atoms with E-state index < -0.39 is 10.8 Å². The summed E-state index contributed by atoms with van der Waals surface area (Å²) in [6.45, 7) is 17.6. The SMILES string of the molecule is CCN(CC)CCOCCOC(=O)C1(c2ccccc2)CCCC1.CCN(CC)CCOCCOC(=O)C1(c2ccccc2)CCCC1. The van der Waals surface area contributed by atoms with Gasteiger partial charge in [0, 0.05) is 13.1 Å². The van der Waals surface area contributed by atoms with Gasteiger partial charge in [-0.25, -0.2) is 0 Å². The van der Waals surface area contributed by atoms with Gasteiger partial charge in [0.2, 0.25) is 0 Å². The molecule has 0 N–H and O–H groups in total. The lowest BCUT2D eigenvalue weighted by atomic mass is 9.79. The Kier molecular flexibility index (Phi) is 18.2. The van der Waals surface area contributed by atoms with Crippen LogP contribution in [-0.4, -0.2) is 101 Å². The van der Waals surface area contributed by atoms with Crippen molar-refractivity contribution in [3.05, 3.63) is 71.8 Å². The molecule has 2 aromatic carbocycles. The molecule has 0 bridgehead atoms. The molecule has 8 nitrogen and oxygen atoms in total. The van der Waals surface area contributed by atoms with E-state index in [4.69, 9.17) is 18.9 Å². The van der Waals surface area contributed by atoms with Gasteiger partial charge in [-0.1, -0.05) is 114 Å². The van der Waals surface area contributed by atoms with Gasteiger partial charge in [0.15, 0.2) is 0 Å². The van der Waals surface area contributed by atoms with E-state index in [1.165, 1.54) is 0 Å². The monoisotopic (exact) mass is 666 g/mol. The van der Waals surface area contributed by atoms with Crippen molar-refractivity contribution in [1.29, 1.82) is 0 Å². The van der Waals surface area contributed by atoms with Crippen molar-refractivity contribution in [3.63, 3.8) is 0 Å². The second kappa shape index (κ2) is 22.0. The summed E-state index contributed by atoms with van der Waals surface area (Å²) in [5, 5.41) is 0. The lowest BCUT2D eigenvalue weighted by Crippen LogP contribution is -2.35. The summed E-state index contributed by atoms with van der Waals surface area (Å²) < 4.78 is 22.3. The van der Waals surface area contributed by atoms with Crippen molar-refractivity contribution in [2.24, 2.45) is 0 Å². The smallest absolute Gasteiger partial charge is 0.316 e. The molecule has 8 heteroatoms. The number of carbonyl (C=O) groups is 2. The average molecular weight is 667 g/mol. The fourth-order valence-corrected chi connectivity index (χ4v) is 7.03. The molecule has 2 aliphatic rings. The summed E-state index contributed by atoms with van der Waals surface area (Å²) >= 11 is 0. The fourth-order valence-electron chi connectivity index (χ4n) is 7.03. The standard InChI is InChI=1S/2C20H31NO3/c2*1-3-21(4-2)14-15-23-16-17-24-19(22)20(12-8-9-13-20)18-10-6-5-7-11-18/h2*5-7,10-11H,3-4,8-9,12-17H2,1-2H3. The normalized spacial score (nSPS) is 16.5. The second-order valence-electron chi connectivity index (χ2n) is 12.9. The Labute approximate surface area is 290 Å². The van der Waals surface area contributed by atoms with E-state index >= 15 is 0 Å². The summed E-state index contributed by atoms with van der Waals surface area (Å²) in [6, 6.07) is 20.2. The van der Waals surface area contributed by atoms with Crippen LogP contribution in [-0.2, 0) is 39.4 Å². The van der Waals surface area contributed by atoms with Crippen LogP contribution in [0.25, 0.3) is 0 Å². The summed E-state index contributed by atoms with van der Waals surface area (Å²) in [5.74, 6) is -0.169. The predicted octanol–water partition coefficient (Wildman–Crippen LogP) is 6.80. The molecule has 2 saturated carbocycles. The van der Waals surface area contributed by atoms with Gasteiger partial charge in [0.25, 0.3) is 0 Å². The highest BCUT2D eigenvalue weighted by Gasteiger charge is 2.45. The van der Waals surface area contributed by atoms with Crippen LogP contribution in [0.3, 0.4) is 0 Å².